The monoisotopic (exact) mass is 221 g/mol. The van der Waals surface area contributed by atoms with Crippen LogP contribution in [0, 0.1) is 0 Å². The number of nitrogens with zero attached hydrogens (tertiary/aromatic N) is 1. The summed E-state index contributed by atoms with van der Waals surface area (Å²) in [5.41, 5.74) is 7.37. The van der Waals surface area contributed by atoms with E-state index in [9.17, 15) is 4.79 Å². The minimum Gasteiger partial charge on any atom is -0.495 e. The van der Waals surface area contributed by atoms with Crippen molar-refractivity contribution in [3.63, 3.8) is 0 Å². The zero-order valence-corrected chi connectivity index (χ0v) is 9.19. The maximum absolute atomic E-state index is 11.6. The highest BCUT2D eigenvalue weighted by Gasteiger charge is 2.25. The summed E-state index contributed by atoms with van der Waals surface area (Å²) in [6.07, 6.45) is 0. The predicted molar refractivity (Wildman–Crippen MR) is 61.6 cm³/mol. The van der Waals surface area contributed by atoms with Gasteiger partial charge in [-0.25, -0.2) is 4.79 Å². The van der Waals surface area contributed by atoms with Gasteiger partial charge in [0.05, 0.1) is 12.8 Å². The molecule has 0 saturated carbocycles. The molecule has 0 radical (unpaired) electrons. The molecule has 1 saturated heterocycles. The standard InChI is InChI=1S/C11H15N3O2/c1-16-9-4-2-3-8(7-12)10(9)14-6-5-13-11(14)15/h2-4H,5-7,12H2,1H3,(H,13,15). The number of nitrogens with one attached hydrogen (secondary N) is 1. The second-order valence-corrected chi connectivity index (χ2v) is 3.56. The van der Waals surface area contributed by atoms with Crippen molar-refractivity contribution in [1.82, 2.24) is 5.32 Å². The van der Waals surface area contributed by atoms with E-state index in [4.69, 9.17) is 10.5 Å². The summed E-state index contributed by atoms with van der Waals surface area (Å²) in [6, 6.07) is 5.52. The van der Waals surface area contributed by atoms with Gasteiger partial charge in [-0.1, -0.05) is 12.1 Å². The first-order valence-corrected chi connectivity index (χ1v) is 5.19. The third-order valence-electron chi connectivity index (χ3n) is 2.65. The topological polar surface area (TPSA) is 67.6 Å². The van der Waals surface area contributed by atoms with Crippen LogP contribution in [0.4, 0.5) is 10.5 Å². The van der Waals surface area contributed by atoms with Crippen molar-refractivity contribution in [2.75, 3.05) is 25.1 Å². The third-order valence-corrected chi connectivity index (χ3v) is 2.65. The van der Waals surface area contributed by atoms with E-state index in [1.54, 1.807) is 12.0 Å². The number of para-hydroxylation sites is 1. The minimum absolute atomic E-state index is 0.0980. The maximum atomic E-state index is 11.6. The van der Waals surface area contributed by atoms with Crippen molar-refractivity contribution in [1.29, 1.82) is 0 Å². The first kappa shape index (κ1) is 10.8. The van der Waals surface area contributed by atoms with Crippen LogP contribution in [0.1, 0.15) is 5.56 Å². The van der Waals surface area contributed by atoms with E-state index in [1.165, 1.54) is 0 Å². The number of carbonyl (C=O) groups excluding carboxylic acids is 1. The largest absolute Gasteiger partial charge is 0.495 e. The molecule has 0 bridgehead atoms. The van der Waals surface area contributed by atoms with Gasteiger partial charge in [-0.15, -0.1) is 0 Å². The van der Waals surface area contributed by atoms with Gasteiger partial charge in [0.15, 0.2) is 0 Å². The number of urea groups is 1. The fourth-order valence-corrected chi connectivity index (χ4v) is 1.89. The molecule has 1 aromatic rings. The SMILES string of the molecule is COc1cccc(CN)c1N1CCNC1=O. The van der Waals surface area contributed by atoms with E-state index < -0.39 is 0 Å². The third kappa shape index (κ3) is 1.69. The number of anilines is 1. The molecule has 0 unspecified atom stereocenters. The highest BCUT2D eigenvalue weighted by molar-refractivity contribution is 5.96. The van der Waals surface area contributed by atoms with Crippen molar-refractivity contribution in [2.45, 2.75) is 6.54 Å². The van der Waals surface area contributed by atoms with Crippen molar-refractivity contribution in [2.24, 2.45) is 5.73 Å². The molecule has 1 fully saturated rings. The molecule has 2 rings (SSSR count). The van der Waals surface area contributed by atoms with E-state index >= 15 is 0 Å². The van der Waals surface area contributed by atoms with Gasteiger partial charge in [-0.3, -0.25) is 4.90 Å². The number of amides is 2. The molecular formula is C11H15N3O2. The Morgan fingerprint density at radius 3 is 2.94 bits per heavy atom. The number of hydrogen-bond acceptors (Lipinski definition) is 3. The van der Waals surface area contributed by atoms with Gasteiger partial charge in [0, 0.05) is 19.6 Å². The van der Waals surface area contributed by atoms with Crippen LogP contribution in [-0.2, 0) is 6.54 Å². The first-order valence-electron chi connectivity index (χ1n) is 5.19. The van der Waals surface area contributed by atoms with Gasteiger partial charge in [0.2, 0.25) is 0 Å². The van der Waals surface area contributed by atoms with Gasteiger partial charge < -0.3 is 15.8 Å². The Balaban J connectivity index is 2.47. The second kappa shape index (κ2) is 4.40. The van der Waals surface area contributed by atoms with Crippen LogP contribution < -0.4 is 20.7 Å². The van der Waals surface area contributed by atoms with Crippen LogP contribution in [-0.4, -0.2) is 26.2 Å². The van der Waals surface area contributed by atoms with Crippen LogP contribution in [0.25, 0.3) is 0 Å². The van der Waals surface area contributed by atoms with Crippen LogP contribution in [0.15, 0.2) is 18.2 Å². The minimum atomic E-state index is -0.0980. The number of methoxy groups -OCH3 is 1. The number of nitrogens with two attached hydrogens (primary N) is 1. The summed E-state index contributed by atoms with van der Waals surface area (Å²) in [4.78, 5) is 13.3. The average molecular weight is 221 g/mol. The lowest BCUT2D eigenvalue weighted by Crippen LogP contribution is -2.29. The molecule has 16 heavy (non-hydrogen) atoms. The molecule has 1 aromatic carbocycles. The smallest absolute Gasteiger partial charge is 0.322 e. The molecule has 5 nitrogen and oxygen atoms in total. The van der Waals surface area contributed by atoms with E-state index in [2.05, 4.69) is 5.32 Å². The Labute approximate surface area is 94.2 Å². The van der Waals surface area contributed by atoms with Crippen LogP contribution in [0.3, 0.4) is 0 Å². The summed E-state index contributed by atoms with van der Waals surface area (Å²) < 4.78 is 5.27. The molecule has 0 aliphatic carbocycles. The summed E-state index contributed by atoms with van der Waals surface area (Å²) >= 11 is 0. The van der Waals surface area contributed by atoms with Crippen molar-refractivity contribution < 1.29 is 9.53 Å². The molecule has 0 aromatic heterocycles. The molecule has 5 heteroatoms. The van der Waals surface area contributed by atoms with Gasteiger partial charge >= 0.3 is 6.03 Å². The number of ether oxygens (including phenoxy) is 1. The normalized spacial score (nSPS) is 15.1. The van der Waals surface area contributed by atoms with E-state index in [-0.39, 0.29) is 6.03 Å². The predicted octanol–water partition coefficient (Wildman–Crippen LogP) is 0.684. The Kier molecular flexibility index (Phi) is 2.96. The quantitative estimate of drug-likeness (QED) is 0.788. The van der Waals surface area contributed by atoms with E-state index in [0.29, 0.717) is 25.4 Å². The Bertz CT molecular complexity index is 384. The lowest BCUT2D eigenvalue weighted by atomic mass is 10.1. The lowest BCUT2D eigenvalue weighted by molar-refractivity contribution is 0.252. The fraction of sp³-hybridized carbons (Fsp3) is 0.364. The van der Waals surface area contributed by atoms with Gasteiger partial charge in [0.25, 0.3) is 0 Å². The first-order chi connectivity index (χ1) is 7.77. The van der Waals surface area contributed by atoms with Gasteiger partial charge in [-0.2, -0.15) is 0 Å². The molecule has 0 atom stereocenters. The van der Waals surface area contributed by atoms with Crippen molar-refractivity contribution in [3.8, 4) is 5.75 Å². The van der Waals surface area contributed by atoms with Crippen LogP contribution in [0.2, 0.25) is 0 Å². The van der Waals surface area contributed by atoms with Crippen molar-refractivity contribution in [3.05, 3.63) is 23.8 Å². The number of benzene rings is 1. The molecule has 0 spiro atoms. The van der Waals surface area contributed by atoms with E-state index in [0.717, 1.165) is 11.3 Å². The number of carbonyl (C=O) groups is 1. The van der Waals surface area contributed by atoms with Gasteiger partial charge in [0.1, 0.15) is 5.75 Å². The maximum Gasteiger partial charge on any atom is 0.322 e. The highest BCUT2D eigenvalue weighted by atomic mass is 16.5. The second-order valence-electron chi connectivity index (χ2n) is 3.56. The summed E-state index contributed by atoms with van der Waals surface area (Å²) in [5.74, 6) is 0.681. The summed E-state index contributed by atoms with van der Waals surface area (Å²) in [7, 11) is 1.59. The molecule has 3 N–H and O–H groups in total. The Morgan fingerprint density at radius 2 is 2.38 bits per heavy atom. The van der Waals surface area contributed by atoms with Crippen molar-refractivity contribution >= 4 is 11.7 Å². The number of rotatable bonds is 3. The lowest BCUT2D eigenvalue weighted by Gasteiger charge is -2.20. The molecule has 1 heterocycles. The Morgan fingerprint density at radius 1 is 1.56 bits per heavy atom. The molecule has 86 valence electrons. The zero-order chi connectivity index (χ0) is 11.5. The molecular weight excluding hydrogens is 206 g/mol. The molecule has 1 aliphatic rings. The van der Waals surface area contributed by atoms with Gasteiger partial charge in [-0.05, 0) is 11.6 Å². The Hall–Kier alpha value is -1.75. The fourth-order valence-electron chi connectivity index (χ4n) is 1.89. The van der Waals surface area contributed by atoms with Crippen LogP contribution in [0.5, 0.6) is 5.75 Å². The van der Waals surface area contributed by atoms with E-state index in [1.807, 2.05) is 18.2 Å². The van der Waals surface area contributed by atoms with Crippen LogP contribution >= 0.6 is 0 Å². The number of hydrogen-bond donors (Lipinski definition) is 2. The zero-order valence-electron chi connectivity index (χ0n) is 9.19. The average Bonchev–Trinajstić information content (AvgIpc) is 2.74. The molecule has 1 aliphatic heterocycles. The molecule has 2 amide bonds. The highest BCUT2D eigenvalue weighted by Crippen LogP contribution is 2.32. The summed E-state index contributed by atoms with van der Waals surface area (Å²) in [6.45, 7) is 1.68. The summed E-state index contributed by atoms with van der Waals surface area (Å²) in [5, 5.41) is 2.76.